The lowest BCUT2D eigenvalue weighted by atomic mass is 9.77. The molecule has 5 nitrogen and oxygen atoms in total. The van der Waals surface area contributed by atoms with E-state index < -0.39 is 0 Å². The van der Waals surface area contributed by atoms with Gasteiger partial charge in [0, 0.05) is 23.6 Å². The van der Waals surface area contributed by atoms with Crippen LogP contribution in [0, 0.1) is 12.3 Å². The zero-order chi connectivity index (χ0) is 18.9. The highest BCUT2D eigenvalue weighted by molar-refractivity contribution is 6.30. The van der Waals surface area contributed by atoms with Gasteiger partial charge in [-0.1, -0.05) is 31.5 Å². The molecular weight excluding hydrogens is 350 g/mol. The molecule has 2 amide bonds. The highest BCUT2D eigenvalue weighted by Crippen LogP contribution is 2.35. The second-order valence-corrected chi connectivity index (χ2v) is 8.50. The van der Waals surface area contributed by atoms with Gasteiger partial charge < -0.3 is 9.80 Å². The van der Waals surface area contributed by atoms with Crippen molar-refractivity contribution in [2.24, 2.45) is 5.41 Å². The minimum atomic E-state index is -0.164. The topological polar surface area (TPSA) is 45.1 Å². The molecule has 0 spiro atoms. The fourth-order valence-electron chi connectivity index (χ4n) is 3.92. The predicted octanol–water partition coefficient (Wildman–Crippen LogP) is 1.88. The lowest BCUT2D eigenvalue weighted by molar-refractivity contribution is -0.908. The van der Waals surface area contributed by atoms with Gasteiger partial charge in [-0.15, -0.1) is 0 Å². The summed E-state index contributed by atoms with van der Waals surface area (Å²) < 4.78 is 0. The largest absolute Gasteiger partial charge is 0.360 e. The summed E-state index contributed by atoms with van der Waals surface area (Å²) in [5, 5.41) is 0.754. The van der Waals surface area contributed by atoms with E-state index in [0.717, 1.165) is 37.6 Å². The zero-order valence-electron chi connectivity index (χ0n) is 16.0. The van der Waals surface area contributed by atoms with Gasteiger partial charge in [-0.25, -0.2) is 4.90 Å². The van der Waals surface area contributed by atoms with Crippen LogP contribution in [-0.2, 0) is 9.59 Å². The van der Waals surface area contributed by atoms with Crippen molar-refractivity contribution in [3.63, 3.8) is 0 Å². The van der Waals surface area contributed by atoms with Crippen molar-refractivity contribution in [1.29, 1.82) is 0 Å². The number of halogens is 1. The Kier molecular flexibility index (Phi) is 5.58. The molecule has 0 atom stereocenters. The molecular formula is C20H29ClN3O2+. The fraction of sp³-hybridized carbons (Fsp3) is 0.600. The van der Waals surface area contributed by atoms with E-state index in [1.807, 2.05) is 25.1 Å². The molecule has 0 aliphatic carbocycles. The number of piperazine rings is 1. The summed E-state index contributed by atoms with van der Waals surface area (Å²) >= 11 is 6.15. The molecule has 142 valence electrons. The molecule has 2 fully saturated rings. The van der Waals surface area contributed by atoms with Gasteiger partial charge in [-0.05, 0) is 36.5 Å². The molecule has 2 aliphatic heterocycles. The minimum Gasteiger partial charge on any atom is -0.360 e. The Balaban J connectivity index is 1.58. The van der Waals surface area contributed by atoms with E-state index in [-0.39, 0.29) is 17.2 Å². The first-order valence-electron chi connectivity index (χ1n) is 9.49. The molecule has 1 aromatic carbocycles. The van der Waals surface area contributed by atoms with Crippen LogP contribution in [0.3, 0.4) is 0 Å². The summed E-state index contributed by atoms with van der Waals surface area (Å²) in [7, 11) is 0. The van der Waals surface area contributed by atoms with Crippen LogP contribution in [0.4, 0.5) is 5.69 Å². The lowest BCUT2D eigenvalue weighted by Gasteiger charge is -2.40. The summed E-state index contributed by atoms with van der Waals surface area (Å²) in [5.41, 5.74) is 2.24. The average Bonchev–Trinajstić information content (AvgIpc) is 2.61. The Labute approximate surface area is 160 Å². The van der Waals surface area contributed by atoms with Crippen molar-refractivity contribution in [2.45, 2.75) is 40.0 Å². The Morgan fingerprint density at radius 1 is 1.15 bits per heavy atom. The summed E-state index contributed by atoms with van der Waals surface area (Å²) in [4.78, 5) is 30.1. The highest BCUT2D eigenvalue weighted by Gasteiger charge is 2.41. The normalized spacial score (nSPS) is 21.4. The molecule has 1 aromatic rings. The Bertz CT molecular complexity index is 680. The second kappa shape index (κ2) is 7.57. The highest BCUT2D eigenvalue weighted by atomic mass is 35.5. The summed E-state index contributed by atoms with van der Waals surface area (Å²) in [6, 6.07) is 5.98. The van der Waals surface area contributed by atoms with Crippen LogP contribution in [0.1, 0.15) is 38.7 Å². The number of rotatable bonds is 4. The van der Waals surface area contributed by atoms with Crippen LogP contribution in [0.2, 0.25) is 5.02 Å². The van der Waals surface area contributed by atoms with Crippen LogP contribution < -0.4 is 9.80 Å². The van der Waals surface area contributed by atoms with Crippen LogP contribution in [0.15, 0.2) is 18.2 Å². The van der Waals surface area contributed by atoms with Gasteiger partial charge in [0.25, 0.3) is 0 Å². The number of aryl methyl sites for hydroxylation is 1. The number of quaternary nitrogens is 1. The first-order chi connectivity index (χ1) is 12.3. The molecule has 0 saturated carbocycles. The number of piperidine rings is 1. The quantitative estimate of drug-likeness (QED) is 0.813. The van der Waals surface area contributed by atoms with Crippen molar-refractivity contribution < 1.29 is 14.5 Å². The number of carbonyl (C=O) groups is 2. The van der Waals surface area contributed by atoms with Gasteiger partial charge in [-0.2, -0.15) is 0 Å². The van der Waals surface area contributed by atoms with Gasteiger partial charge in [0.2, 0.25) is 11.8 Å². The standard InChI is InChI=1S/C20H28ClN3O2/c1-4-20(3)12-18(25)24(19(26)13-20)14-22-7-9-23(10-8-22)17-11-16(21)6-5-15(17)2/h5-6,11H,4,7-10,12-14H2,1-3H3/p+1. The van der Waals surface area contributed by atoms with E-state index in [0.29, 0.717) is 19.5 Å². The maximum atomic E-state index is 12.5. The average molecular weight is 379 g/mol. The van der Waals surface area contributed by atoms with E-state index in [2.05, 4.69) is 18.7 Å². The number of anilines is 1. The van der Waals surface area contributed by atoms with E-state index >= 15 is 0 Å². The third kappa shape index (κ3) is 4.04. The summed E-state index contributed by atoms with van der Waals surface area (Å²) in [6.07, 6.45) is 1.83. The zero-order valence-corrected chi connectivity index (χ0v) is 16.7. The van der Waals surface area contributed by atoms with Crippen LogP contribution in [-0.4, -0.2) is 49.6 Å². The number of hydrogen-bond donors (Lipinski definition) is 1. The molecule has 0 bridgehead atoms. The van der Waals surface area contributed by atoms with Crippen LogP contribution in [0.25, 0.3) is 0 Å². The first kappa shape index (κ1) is 19.2. The molecule has 2 saturated heterocycles. The van der Waals surface area contributed by atoms with Gasteiger partial charge in [0.1, 0.15) is 0 Å². The second-order valence-electron chi connectivity index (χ2n) is 8.06. The van der Waals surface area contributed by atoms with E-state index in [1.165, 1.54) is 21.1 Å². The van der Waals surface area contributed by atoms with Gasteiger partial charge in [0.15, 0.2) is 6.67 Å². The number of nitrogens with one attached hydrogen (secondary N) is 1. The molecule has 0 unspecified atom stereocenters. The third-order valence-corrected chi connectivity index (χ3v) is 6.21. The molecule has 6 heteroatoms. The Hall–Kier alpha value is -1.59. The monoisotopic (exact) mass is 378 g/mol. The molecule has 0 radical (unpaired) electrons. The number of likely N-dealkylation sites (tertiary alicyclic amines) is 1. The van der Waals surface area contributed by atoms with Gasteiger partial charge in [0.05, 0.1) is 26.2 Å². The van der Waals surface area contributed by atoms with Crippen molar-refractivity contribution in [2.75, 3.05) is 37.7 Å². The van der Waals surface area contributed by atoms with Crippen LogP contribution in [0.5, 0.6) is 0 Å². The molecule has 0 aromatic heterocycles. The third-order valence-electron chi connectivity index (χ3n) is 5.98. The Morgan fingerprint density at radius 2 is 1.77 bits per heavy atom. The van der Waals surface area contributed by atoms with Gasteiger partial charge in [-0.3, -0.25) is 9.59 Å². The maximum Gasteiger partial charge on any atom is 0.234 e. The van der Waals surface area contributed by atoms with E-state index in [9.17, 15) is 9.59 Å². The molecule has 26 heavy (non-hydrogen) atoms. The van der Waals surface area contributed by atoms with Crippen molar-refractivity contribution in [3.05, 3.63) is 28.8 Å². The Morgan fingerprint density at radius 3 is 2.35 bits per heavy atom. The summed E-state index contributed by atoms with van der Waals surface area (Å²) in [6.45, 7) is 10.3. The number of carbonyl (C=O) groups excluding carboxylic acids is 2. The smallest absolute Gasteiger partial charge is 0.234 e. The number of amides is 2. The van der Waals surface area contributed by atoms with Crippen LogP contribution >= 0.6 is 11.6 Å². The number of nitrogens with zero attached hydrogens (tertiary/aromatic N) is 2. The molecule has 2 aliphatic rings. The maximum absolute atomic E-state index is 12.5. The van der Waals surface area contributed by atoms with Gasteiger partial charge >= 0.3 is 0 Å². The number of benzene rings is 1. The van der Waals surface area contributed by atoms with Crippen molar-refractivity contribution >= 4 is 29.1 Å². The minimum absolute atomic E-state index is 0.00813. The molecule has 2 heterocycles. The van der Waals surface area contributed by atoms with E-state index in [4.69, 9.17) is 11.6 Å². The summed E-state index contributed by atoms with van der Waals surface area (Å²) in [5.74, 6) is -0.0163. The molecule has 3 rings (SSSR count). The first-order valence-corrected chi connectivity index (χ1v) is 9.87. The van der Waals surface area contributed by atoms with E-state index in [1.54, 1.807) is 0 Å². The predicted molar refractivity (Wildman–Crippen MR) is 103 cm³/mol. The number of imide groups is 1. The lowest BCUT2D eigenvalue weighted by Crippen LogP contribution is -3.16. The fourth-order valence-corrected chi connectivity index (χ4v) is 4.08. The SMILES string of the molecule is CCC1(C)CC(=O)N(C[NH+]2CCN(c3cc(Cl)ccc3C)CC2)C(=O)C1. The van der Waals surface area contributed by atoms with Crippen molar-refractivity contribution in [1.82, 2.24) is 4.90 Å². The molecule has 1 N–H and O–H groups in total. The van der Waals surface area contributed by atoms with Crippen molar-refractivity contribution in [3.8, 4) is 0 Å². The number of hydrogen-bond acceptors (Lipinski definition) is 3.